The van der Waals surface area contributed by atoms with Gasteiger partial charge in [0.15, 0.2) is 0 Å². The number of aromatic nitrogens is 1. The number of nitrogens with zero attached hydrogens (tertiary/aromatic N) is 2. The number of carbonyl (C=O) groups is 2. The Hall–Kier alpha value is -2.60. The van der Waals surface area contributed by atoms with E-state index in [1.165, 1.54) is 0 Å². The van der Waals surface area contributed by atoms with Gasteiger partial charge in [-0.1, -0.05) is 42.6 Å². The number of likely N-dealkylation sites (tertiary alicyclic amines) is 1. The number of urea groups is 1. The molecule has 7 heteroatoms. The molecule has 0 unspecified atom stereocenters. The van der Waals surface area contributed by atoms with Crippen molar-refractivity contribution in [2.24, 2.45) is 5.92 Å². The van der Waals surface area contributed by atoms with Crippen molar-refractivity contribution in [3.63, 3.8) is 0 Å². The van der Waals surface area contributed by atoms with Crippen molar-refractivity contribution in [2.75, 3.05) is 19.6 Å². The van der Waals surface area contributed by atoms with Gasteiger partial charge < -0.3 is 15.5 Å². The van der Waals surface area contributed by atoms with Gasteiger partial charge in [0.05, 0.1) is 6.42 Å². The van der Waals surface area contributed by atoms with Gasteiger partial charge in [-0.05, 0) is 54.5 Å². The minimum Gasteiger partial charge on any atom is -0.342 e. The van der Waals surface area contributed by atoms with Crippen LogP contribution in [0.3, 0.4) is 0 Å². The van der Waals surface area contributed by atoms with Crippen LogP contribution in [-0.4, -0.2) is 41.5 Å². The summed E-state index contributed by atoms with van der Waals surface area (Å²) in [6.07, 6.45) is 9.25. The topological polar surface area (TPSA) is 74.3 Å². The SMILES string of the molecule is O=C(NCCCCC1CCN(C(=O)Cc2cccnc2)CC1)NCc1ccc(Cl)cc1. The molecule has 0 spiro atoms. The van der Waals surface area contributed by atoms with Gasteiger partial charge in [-0.15, -0.1) is 0 Å². The monoisotopic (exact) mass is 442 g/mol. The third kappa shape index (κ3) is 8.21. The minimum absolute atomic E-state index is 0.143. The van der Waals surface area contributed by atoms with Gasteiger partial charge in [0, 0.05) is 43.6 Å². The molecule has 2 aromatic rings. The van der Waals surface area contributed by atoms with Gasteiger partial charge >= 0.3 is 6.03 Å². The maximum absolute atomic E-state index is 12.4. The van der Waals surface area contributed by atoms with Gasteiger partial charge in [-0.2, -0.15) is 0 Å². The summed E-state index contributed by atoms with van der Waals surface area (Å²) in [6, 6.07) is 11.1. The van der Waals surface area contributed by atoms with E-state index in [0.29, 0.717) is 30.5 Å². The van der Waals surface area contributed by atoms with Crippen LogP contribution in [0.15, 0.2) is 48.8 Å². The van der Waals surface area contributed by atoms with Gasteiger partial charge in [0.2, 0.25) is 5.91 Å². The number of carbonyl (C=O) groups excluding carboxylic acids is 2. The van der Waals surface area contributed by atoms with Crippen molar-refractivity contribution >= 4 is 23.5 Å². The lowest BCUT2D eigenvalue weighted by Crippen LogP contribution is -2.39. The molecular weight excluding hydrogens is 412 g/mol. The number of pyridine rings is 1. The van der Waals surface area contributed by atoms with E-state index in [2.05, 4.69) is 15.6 Å². The molecule has 2 N–H and O–H groups in total. The van der Waals surface area contributed by atoms with E-state index in [1.807, 2.05) is 41.3 Å². The van der Waals surface area contributed by atoms with Crippen molar-refractivity contribution in [3.05, 3.63) is 64.9 Å². The lowest BCUT2D eigenvalue weighted by Gasteiger charge is -2.32. The highest BCUT2D eigenvalue weighted by atomic mass is 35.5. The Morgan fingerprint density at radius 2 is 1.81 bits per heavy atom. The highest BCUT2D eigenvalue weighted by Gasteiger charge is 2.22. The van der Waals surface area contributed by atoms with Crippen LogP contribution < -0.4 is 10.6 Å². The lowest BCUT2D eigenvalue weighted by molar-refractivity contribution is -0.131. The van der Waals surface area contributed by atoms with Crippen LogP contribution >= 0.6 is 11.6 Å². The first-order valence-corrected chi connectivity index (χ1v) is 11.4. The van der Waals surface area contributed by atoms with Crippen molar-refractivity contribution in [1.82, 2.24) is 20.5 Å². The van der Waals surface area contributed by atoms with Crippen LogP contribution in [0.1, 0.15) is 43.2 Å². The fourth-order valence-corrected chi connectivity index (χ4v) is 3.99. The largest absolute Gasteiger partial charge is 0.342 e. The molecule has 0 saturated carbocycles. The number of nitrogens with one attached hydrogen (secondary N) is 2. The van der Waals surface area contributed by atoms with Gasteiger partial charge in [-0.25, -0.2) is 4.79 Å². The zero-order valence-electron chi connectivity index (χ0n) is 17.9. The van der Waals surface area contributed by atoms with Gasteiger partial charge in [0.25, 0.3) is 0 Å². The summed E-state index contributed by atoms with van der Waals surface area (Å²) >= 11 is 5.86. The third-order valence-corrected chi connectivity index (χ3v) is 5.99. The fraction of sp³-hybridized carbons (Fsp3) is 0.458. The second-order valence-electron chi connectivity index (χ2n) is 8.09. The molecule has 31 heavy (non-hydrogen) atoms. The van der Waals surface area contributed by atoms with Crippen LogP contribution in [0.4, 0.5) is 4.79 Å². The smallest absolute Gasteiger partial charge is 0.315 e. The first-order valence-electron chi connectivity index (χ1n) is 11.0. The third-order valence-electron chi connectivity index (χ3n) is 5.74. The number of hydrogen-bond acceptors (Lipinski definition) is 3. The van der Waals surface area contributed by atoms with E-state index >= 15 is 0 Å². The highest BCUT2D eigenvalue weighted by molar-refractivity contribution is 6.30. The van der Waals surface area contributed by atoms with Crippen molar-refractivity contribution in [3.8, 4) is 0 Å². The summed E-state index contributed by atoms with van der Waals surface area (Å²) < 4.78 is 0. The summed E-state index contributed by atoms with van der Waals surface area (Å²) in [5, 5.41) is 6.46. The molecule has 1 saturated heterocycles. The number of rotatable bonds is 9. The maximum Gasteiger partial charge on any atom is 0.315 e. The predicted octanol–water partition coefficient (Wildman–Crippen LogP) is 4.19. The molecule has 1 fully saturated rings. The molecule has 0 bridgehead atoms. The average Bonchev–Trinajstić information content (AvgIpc) is 2.79. The minimum atomic E-state index is -0.143. The predicted molar refractivity (Wildman–Crippen MR) is 123 cm³/mol. The van der Waals surface area contributed by atoms with E-state index in [9.17, 15) is 9.59 Å². The van der Waals surface area contributed by atoms with Crippen LogP contribution in [0.25, 0.3) is 0 Å². The van der Waals surface area contributed by atoms with E-state index in [4.69, 9.17) is 11.6 Å². The summed E-state index contributed by atoms with van der Waals surface area (Å²) in [5.74, 6) is 0.862. The van der Waals surface area contributed by atoms with Crippen LogP contribution in [-0.2, 0) is 17.8 Å². The van der Waals surface area contributed by atoms with Crippen LogP contribution in [0.5, 0.6) is 0 Å². The van der Waals surface area contributed by atoms with Crippen molar-refractivity contribution in [2.45, 2.75) is 45.1 Å². The van der Waals surface area contributed by atoms with Crippen molar-refractivity contribution < 1.29 is 9.59 Å². The first-order chi connectivity index (χ1) is 15.1. The Labute approximate surface area is 189 Å². The Kier molecular flexibility index (Phi) is 9.16. The first kappa shape index (κ1) is 23.1. The van der Waals surface area contributed by atoms with Crippen LogP contribution in [0.2, 0.25) is 5.02 Å². The zero-order chi connectivity index (χ0) is 21.9. The molecule has 1 aromatic heterocycles. The molecule has 1 aliphatic heterocycles. The summed E-state index contributed by atoms with van der Waals surface area (Å²) in [6.45, 7) is 2.85. The van der Waals surface area contributed by atoms with Gasteiger partial charge in [0.1, 0.15) is 0 Å². The second kappa shape index (κ2) is 12.3. The Balaban J connectivity index is 1.22. The molecule has 1 aromatic carbocycles. The molecule has 0 radical (unpaired) electrons. The zero-order valence-corrected chi connectivity index (χ0v) is 18.6. The number of amides is 3. The van der Waals surface area contributed by atoms with E-state index in [-0.39, 0.29) is 11.9 Å². The molecule has 1 aliphatic rings. The number of halogens is 1. The van der Waals surface area contributed by atoms with Gasteiger partial charge in [-0.3, -0.25) is 9.78 Å². The van der Waals surface area contributed by atoms with Crippen molar-refractivity contribution in [1.29, 1.82) is 0 Å². The van der Waals surface area contributed by atoms with E-state index in [0.717, 1.165) is 56.3 Å². The molecule has 3 amide bonds. The number of benzene rings is 1. The number of unbranched alkanes of at least 4 members (excludes halogenated alkanes) is 1. The van der Waals surface area contributed by atoms with E-state index in [1.54, 1.807) is 12.4 Å². The number of hydrogen-bond donors (Lipinski definition) is 2. The Morgan fingerprint density at radius 3 is 2.52 bits per heavy atom. The molecular formula is C24H31ClN4O2. The maximum atomic E-state index is 12.4. The summed E-state index contributed by atoms with van der Waals surface area (Å²) in [5.41, 5.74) is 1.99. The molecule has 2 heterocycles. The highest BCUT2D eigenvalue weighted by Crippen LogP contribution is 2.23. The quantitative estimate of drug-likeness (QED) is 0.572. The molecule has 0 atom stereocenters. The average molecular weight is 443 g/mol. The number of piperidine rings is 1. The standard InChI is InChI=1S/C24H31ClN4O2/c25-22-8-6-20(7-9-22)18-28-24(31)27-13-2-1-4-19-10-14-29(15-11-19)23(30)16-21-5-3-12-26-17-21/h3,5-9,12,17,19H,1-2,4,10-11,13-16,18H2,(H2,27,28,31). The van der Waals surface area contributed by atoms with Crippen LogP contribution in [0, 0.1) is 5.92 Å². The second-order valence-corrected chi connectivity index (χ2v) is 8.53. The molecule has 3 rings (SSSR count). The fourth-order valence-electron chi connectivity index (χ4n) is 3.87. The lowest BCUT2D eigenvalue weighted by atomic mass is 9.91. The Morgan fingerprint density at radius 1 is 1.03 bits per heavy atom. The molecule has 166 valence electrons. The summed E-state index contributed by atoms with van der Waals surface area (Å²) in [7, 11) is 0. The molecule has 0 aliphatic carbocycles. The normalized spacial score (nSPS) is 14.3. The Bertz CT molecular complexity index is 821. The van der Waals surface area contributed by atoms with E-state index < -0.39 is 0 Å². The molecule has 6 nitrogen and oxygen atoms in total. The summed E-state index contributed by atoms with van der Waals surface area (Å²) in [4.78, 5) is 30.4.